The third-order valence-corrected chi connectivity index (χ3v) is 4.52. The molecule has 0 radical (unpaired) electrons. The molecule has 2 aromatic carbocycles. The second-order valence-corrected chi connectivity index (χ2v) is 6.43. The maximum atomic E-state index is 14.9. The fraction of sp³-hybridized carbons (Fsp3) is 0.182. The van der Waals surface area contributed by atoms with Gasteiger partial charge in [0.1, 0.15) is 24.0 Å². The molecule has 0 N–H and O–H groups in total. The Balaban J connectivity index is 2.19. The van der Waals surface area contributed by atoms with Gasteiger partial charge in [0.25, 0.3) is 6.43 Å². The van der Waals surface area contributed by atoms with Crippen molar-refractivity contribution in [2.45, 2.75) is 13.3 Å². The highest BCUT2D eigenvalue weighted by molar-refractivity contribution is 5.97. The van der Waals surface area contributed by atoms with Crippen molar-refractivity contribution in [1.29, 1.82) is 0 Å². The van der Waals surface area contributed by atoms with Crippen molar-refractivity contribution >= 4 is 11.3 Å². The van der Waals surface area contributed by atoms with Gasteiger partial charge < -0.3 is 9.64 Å². The minimum Gasteiger partial charge on any atom is -0.487 e. The molecule has 6 heteroatoms. The molecular formula is C22H19F4NO. The quantitative estimate of drug-likeness (QED) is 0.592. The van der Waals surface area contributed by atoms with E-state index in [1.54, 1.807) is 11.9 Å². The van der Waals surface area contributed by atoms with Gasteiger partial charge in [0, 0.05) is 30.5 Å². The lowest BCUT2D eigenvalue weighted by atomic mass is 9.92. The Morgan fingerprint density at radius 3 is 2.25 bits per heavy atom. The third-order valence-electron chi connectivity index (χ3n) is 4.52. The summed E-state index contributed by atoms with van der Waals surface area (Å²) < 4.78 is 59.2. The van der Waals surface area contributed by atoms with Crippen LogP contribution < -0.4 is 4.74 Å². The van der Waals surface area contributed by atoms with Crippen molar-refractivity contribution in [3.8, 4) is 5.75 Å². The van der Waals surface area contributed by atoms with Crippen LogP contribution in [0.4, 0.5) is 17.6 Å². The minimum absolute atomic E-state index is 0.268. The number of hydrogen-bond donors (Lipinski definition) is 0. The maximum Gasteiger partial charge on any atom is 0.272 e. The van der Waals surface area contributed by atoms with E-state index in [2.05, 4.69) is 6.58 Å². The van der Waals surface area contributed by atoms with Crippen molar-refractivity contribution in [3.05, 3.63) is 89.2 Å². The highest BCUT2D eigenvalue weighted by Crippen LogP contribution is 2.40. The van der Waals surface area contributed by atoms with Gasteiger partial charge >= 0.3 is 0 Å². The summed E-state index contributed by atoms with van der Waals surface area (Å²) >= 11 is 0. The molecule has 1 aliphatic heterocycles. The molecule has 0 saturated carbocycles. The first-order valence-electron chi connectivity index (χ1n) is 8.61. The van der Waals surface area contributed by atoms with Crippen LogP contribution in [0.5, 0.6) is 5.75 Å². The molecule has 28 heavy (non-hydrogen) atoms. The molecule has 0 atom stereocenters. The molecule has 0 unspecified atom stereocenters. The number of benzene rings is 2. The van der Waals surface area contributed by atoms with E-state index in [0.717, 1.165) is 23.3 Å². The average molecular weight is 389 g/mol. The van der Waals surface area contributed by atoms with Gasteiger partial charge in [-0.2, -0.15) is 0 Å². The summed E-state index contributed by atoms with van der Waals surface area (Å²) in [7, 11) is 1.68. The van der Waals surface area contributed by atoms with Crippen LogP contribution in [0.3, 0.4) is 0 Å². The summed E-state index contributed by atoms with van der Waals surface area (Å²) in [5.74, 6) is -2.09. The Bertz CT molecular complexity index is 941. The summed E-state index contributed by atoms with van der Waals surface area (Å²) in [6, 6.07) is 11.0. The lowest BCUT2D eigenvalue weighted by Gasteiger charge is -2.32. The minimum atomic E-state index is -2.74. The van der Waals surface area contributed by atoms with Crippen molar-refractivity contribution in [2.24, 2.45) is 0 Å². The number of rotatable bonds is 5. The molecule has 3 rings (SSSR count). The first kappa shape index (κ1) is 19.7. The molecule has 0 amide bonds. The standard InChI is InChI=1S/C22H19F4NO/c1-13-9-17(15-7-5-4-6-8-15)22(27(3)14(13)2)21-18(23)10-16(11-19(21)24)28-12-20(25)26/h4-11,20H,2,12H2,1,3H3. The van der Waals surface area contributed by atoms with Crippen molar-refractivity contribution in [3.63, 3.8) is 0 Å². The Morgan fingerprint density at radius 1 is 1.07 bits per heavy atom. The normalized spacial score (nSPS) is 14.6. The van der Waals surface area contributed by atoms with E-state index in [9.17, 15) is 17.6 Å². The molecular weight excluding hydrogens is 370 g/mol. The van der Waals surface area contributed by atoms with Crippen LogP contribution in [0, 0.1) is 11.6 Å². The Morgan fingerprint density at radius 2 is 1.68 bits per heavy atom. The van der Waals surface area contributed by atoms with Crippen LogP contribution in [0.2, 0.25) is 0 Å². The summed E-state index contributed by atoms with van der Waals surface area (Å²) in [4.78, 5) is 1.62. The van der Waals surface area contributed by atoms with Crippen molar-refractivity contribution < 1.29 is 22.3 Å². The summed E-state index contributed by atoms with van der Waals surface area (Å²) in [6.07, 6.45) is -0.910. The summed E-state index contributed by atoms with van der Waals surface area (Å²) in [5, 5.41) is 0. The van der Waals surface area contributed by atoms with Crippen molar-refractivity contribution in [1.82, 2.24) is 4.90 Å². The lowest BCUT2D eigenvalue weighted by Crippen LogP contribution is -2.22. The fourth-order valence-electron chi connectivity index (χ4n) is 3.11. The van der Waals surface area contributed by atoms with E-state index in [-0.39, 0.29) is 11.3 Å². The topological polar surface area (TPSA) is 12.5 Å². The molecule has 2 aromatic rings. The van der Waals surface area contributed by atoms with Crippen LogP contribution in [-0.2, 0) is 0 Å². The van der Waals surface area contributed by atoms with Gasteiger partial charge in [0.05, 0.1) is 11.3 Å². The van der Waals surface area contributed by atoms with Crippen LogP contribution in [0.25, 0.3) is 11.3 Å². The molecule has 2 nitrogen and oxygen atoms in total. The van der Waals surface area contributed by atoms with Crippen LogP contribution >= 0.6 is 0 Å². The van der Waals surface area contributed by atoms with Crippen LogP contribution in [0.1, 0.15) is 18.1 Å². The Kier molecular flexibility index (Phi) is 5.58. The van der Waals surface area contributed by atoms with E-state index in [0.29, 0.717) is 17.0 Å². The predicted molar refractivity (Wildman–Crippen MR) is 102 cm³/mol. The van der Waals surface area contributed by atoms with Gasteiger partial charge in [0.15, 0.2) is 0 Å². The van der Waals surface area contributed by atoms with Crippen LogP contribution in [-0.4, -0.2) is 25.0 Å². The number of likely N-dealkylation sites (N-methyl/N-ethyl adjacent to an activating group) is 1. The third kappa shape index (κ3) is 3.81. The number of ether oxygens (including phenoxy) is 1. The molecule has 0 fully saturated rings. The Labute approximate surface area is 161 Å². The highest BCUT2D eigenvalue weighted by atomic mass is 19.3. The molecule has 0 bridgehead atoms. The first-order chi connectivity index (χ1) is 13.3. The van der Waals surface area contributed by atoms with Gasteiger partial charge in [-0.05, 0) is 24.1 Å². The smallest absolute Gasteiger partial charge is 0.272 e. The summed E-state index contributed by atoms with van der Waals surface area (Å²) in [6.45, 7) is 4.91. The van der Waals surface area contributed by atoms with E-state index in [4.69, 9.17) is 4.74 Å². The molecule has 0 aromatic heterocycles. The molecule has 146 valence electrons. The van der Waals surface area contributed by atoms with Gasteiger partial charge in [-0.15, -0.1) is 0 Å². The number of nitrogens with zero attached hydrogens (tertiary/aromatic N) is 1. The molecule has 0 spiro atoms. The van der Waals surface area contributed by atoms with E-state index >= 15 is 0 Å². The zero-order chi connectivity index (χ0) is 20.4. The second kappa shape index (κ2) is 7.92. The van der Waals surface area contributed by atoms with Gasteiger partial charge in [0.2, 0.25) is 0 Å². The van der Waals surface area contributed by atoms with E-state index in [1.807, 2.05) is 43.3 Å². The first-order valence-corrected chi connectivity index (χ1v) is 8.61. The largest absolute Gasteiger partial charge is 0.487 e. The monoisotopic (exact) mass is 389 g/mol. The van der Waals surface area contributed by atoms with Gasteiger partial charge in [-0.1, -0.05) is 36.9 Å². The number of allylic oxidation sites excluding steroid dienone is 3. The van der Waals surface area contributed by atoms with Gasteiger partial charge in [-0.3, -0.25) is 0 Å². The lowest BCUT2D eigenvalue weighted by molar-refractivity contribution is 0.0815. The summed E-state index contributed by atoms with van der Waals surface area (Å²) in [5.41, 5.74) is 2.92. The van der Waals surface area contributed by atoms with E-state index < -0.39 is 24.7 Å². The van der Waals surface area contributed by atoms with Crippen LogP contribution in [0.15, 0.2) is 66.4 Å². The molecule has 1 aliphatic rings. The zero-order valence-corrected chi connectivity index (χ0v) is 15.5. The number of halogens is 4. The highest BCUT2D eigenvalue weighted by Gasteiger charge is 2.27. The molecule has 1 heterocycles. The maximum absolute atomic E-state index is 14.9. The fourth-order valence-corrected chi connectivity index (χ4v) is 3.11. The van der Waals surface area contributed by atoms with E-state index in [1.165, 1.54) is 0 Å². The Hall–Kier alpha value is -3.02. The number of alkyl halides is 2. The molecule has 0 saturated heterocycles. The average Bonchev–Trinajstić information content (AvgIpc) is 2.66. The second-order valence-electron chi connectivity index (χ2n) is 6.43. The SMILES string of the molecule is C=C1C(C)=CC(c2ccccc2)=C(c2c(F)cc(OCC(F)F)cc2F)N1C. The van der Waals surface area contributed by atoms with Crippen molar-refractivity contribution in [2.75, 3.05) is 13.7 Å². The molecule has 0 aliphatic carbocycles. The predicted octanol–water partition coefficient (Wildman–Crippen LogP) is 5.88. The van der Waals surface area contributed by atoms with Gasteiger partial charge in [-0.25, -0.2) is 17.6 Å². The zero-order valence-electron chi connectivity index (χ0n) is 15.5. The number of hydrogen-bond acceptors (Lipinski definition) is 2.